The van der Waals surface area contributed by atoms with Gasteiger partial charge in [0.15, 0.2) is 0 Å². The zero-order valence-electron chi connectivity index (χ0n) is 13.4. The molecule has 0 aliphatic carbocycles. The summed E-state index contributed by atoms with van der Waals surface area (Å²) in [6, 6.07) is 10.3. The topological polar surface area (TPSA) is 52.7 Å². The summed E-state index contributed by atoms with van der Waals surface area (Å²) < 4.78 is 0. The van der Waals surface area contributed by atoms with Crippen LogP contribution in [0.2, 0.25) is 0 Å². The van der Waals surface area contributed by atoms with Gasteiger partial charge in [0.2, 0.25) is 11.8 Å². The molecule has 1 N–H and O–H groups in total. The van der Waals surface area contributed by atoms with Crippen LogP contribution in [0.3, 0.4) is 0 Å². The maximum atomic E-state index is 12.4. The minimum absolute atomic E-state index is 0.0385. The first kappa shape index (κ1) is 16.5. The molecule has 1 aromatic rings. The first-order chi connectivity index (χ1) is 10.6. The van der Waals surface area contributed by atoms with Gasteiger partial charge in [0, 0.05) is 39.1 Å². The number of amides is 2. The SMILES string of the molecule is CC(=O)N(CCc1ccccc1)CC(=O)N1CCN[C@H](C)C1. The standard InChI is InChI=1S/C17H25N3O2/c1-14-12-20(11-9-18-14)17(22)13-19(15(2)21)10-8-16-6-4-3-5-7-16/h3-7,14,18H,8-13H2,1-2H3/t14-/m1/s1. The summed E-state index contributed by atoms with van der Waals surface area (Å²) in [6.07, 6.45) is 0.770. The van der Waals surface area contributed by atoms with Crippen molar-refractivity contribution < 1.29 is 9.59 Å². The van der Waals surface area contributed by atoms with Gasteiger partial charge in [0.05, 0.1) is 6.54 Å². The van der Waals surface area contributed by atoms with Crippen molar-refractivity contribution in [2.45, 2.75) is 26.3 Å². The minimum atomic E-state index is -0.0486. The Hall–Kier alpha value is -1.88. The molecule has 120 valence electrons. The highest BCUT2D eigenvalue weighted by atomic mass is 16.2. The fraction of sp³-hybridized carbons (Fsp3) is 0.529. The van der Waals surface area contributed by atoms with Gasteiger partial charge in [-0.15, -0.1) is 0 Å². The molecule has 1 heterocycles. The quantitative estimate of drug-likeness (QED) is 0.879. The van der Waals surface area contributed by atoms with Gasteiger partial charge in [-0.3, -0.25) is 9.59 Å². The Kier molecular flexibility index (Phi) is 5.95. The van der Waals surface area contributed by atoms with E-state index in [0.29, 0.717) is 25.7 Å². The van der Waals surface area contributed by atoms with E-state index in [9.17, 15) is 9.59 Å². The molecule has 0 bridgehead atoms. The zero-order chi connectivity index (χ0) is 15.9. The second-order valence-electron chi connectivity index (χ2n) is 5.87. The van der Waals surface area contributed by atoms with Crippen LogP contribution in [0.5, 0.6) is 0 Å². The van der Waals surface area contributed by atoms with Crippen LogP contribution in [0.25, 0.3) is 0 Å². The van der Waals surface area contributed by atoms with E-state index >= 15 is 0 Å². The van der Waals surface area contributed by atoms with Crippen LogP contribution in [0.1, 0.15) is 19.4 Å². The molecular weight excluding hydrogens is 278 g/mol. The molecule has 1 atom stereocenters. The second-order valence-corrected chi connectivity index (χ2v) is 5.87. The summed E-state index contributed by atoms with van der Waals surface area (Å²) in [6.45, 7) is 6.59. The van der Waals surface area contributed by atoms with E-state index in [2.05, 4.69) is 12.2 Å². The summed E-state index contributed by atoms with van der Waals surface area (Å²) in [7, 11) is 0. The van der Waals surface area contributed by atoms with Gasteiger partial charge in [0.1, 0.15) is 0 Å². The zero-order valence-corrected chi connectivity index (χ0v) is 13.4. The van der Waals surface area contributed by atoms with Crippen LogP contribution in [0, 0.1) is 0 Å². The molecule has 1 fully saturated rings. The summed E-state index contributed by atoms with van der Waals surface area (Å²) in [5, 5.41) is 3.32. The van der Waals surface area contributed by atoms with Gasteiger partial charge in [0.25, 0.3) is 0 Å². The van der Waals surface area contributed by atoms with E-state index in [1.54, 1.807) is 4.90 Å². The summed E-state index contributed by atoms with van der Waals surface area (Å²) >= 11 is 0. The molecule has 1 aromatic carbocycles. The van der Waals surface area contributed by atoms with Gasteiger partial charge >= 0.3 is 0 Å². The monoisotopic (exact) mass is 303 g/mol. The van der Waals surface area contributed by atoms with E-state index in [1.807, 2.05) is 35.2 Å². The van der Waals surface area contributed by atoms with Gasteiger partial charge in [-0.1, -0.05) is 30.3 Å². The molecule has 0 spiro atoms. The molecule has 22 heavy (non-hydrogen) atoms. The fourth-order valence-corrected chi connectivity index (χ4v) is 2.68. The normalized spacial score (nSPS) is 18.1. The number of nitrogens with zero attached hydrogens (tertiary/aromatic N) is 2. The number of carbonyl (C=O) groups excluding carboxylic acids is 2. The highest BCUT2D eigenvalue weighted by Gasteiger charge is 2.23. The second kappa shape index (κ2) is 7.94. The molecule has 0 radical (unpaired) electrons. The maximum absolute atomic E-state index is 12.4. The van der Waals surface area contributed by atoms with Crippen LogP contribution in [0.4, 0.5) is 0 Å². The lowest BCUT2D eigenvalue weighted by atomic mass is 10.1. The Morgan fingerprint density at radius 1 is 1.32 bits per heavy atom. The van der Waals surface area contributed by atoms with Crippen LogP contribution >= 0.6 is 0 Å². The van der Waals surface area contributed by atoms with E-state index in [-0.39, 0.29) is 18.4 Å². The summed E-state index contributed by atoms with van der Waals surface area (Å²) in [5.41, 5.74) is 1.18. The van der Waals surface area contributed by atoms with E-state index in [4.69, 9.17) is 0 Å². The Morgan fingerprint density at radius 3 is 2.68 bits per heavy atom. The molecule has 1 saturated heterocycles. The fourth-order valence-electron chi connectivity index (χ4n) is 2.68. The first-order valence-electron chi connectivity index (χ1n) is 7.87. The Bertz CT molecular complexity index is 504. The predicted octanol–water partition coefficient (Wildman–Crippen LogP) is 0.898. The summed E-state index contributed by atoms with van der Waals surface area (Å²) in [4.78, 5) is 27.7. The van der Waals surface area contributed by atoms with Crippen molar-refractivity contribution in [3.05, 3.63) is 35.9 Å². The smallest absolute Gasteiger partial charge is 0.242 e. The molecule has 5 nitrogen and oxygen atoms in total. The number of rotatable bonds is 5. The number of nitrogens with one attached hydrogen (secondary N) is 1. The number of piperazine rings is 1. The van der Waals surface area contributed by atoms with Crippen molar-refractivity contribution in [2.24, 2.45) is 0 Å². The Balaban J connectivity index is 1.88. The molecule has 2 amide bonds. The molecule has 0 aromatic heterocycles. The molecular formula is C17H25N3O2. The van der Waals surface area contributed by atoms with Gasteiger partial charge < -0.3 is 15.1 Å². The predicted molar refractivity (Wildman–Crippen MR) is 86.4 cm³/mol. The lowest BCUT2D eigenvalue weighted by Crippen LogP contribution is -2.53. The van der Waals surface area contributed by atoms with Crippen molar-refractivity contribution in [1.82, 2.24) is 15.1 Å². The molecule has 1 aliphatic heterocycles. The maximum Gasteiger partial charge on any atom is 0.242 e. The first-order valence-corrected chi connectivity index (χ1v) is 7.87. The number of benzene rings is 1. The van der Waals surface area contributed by atoms with E-state index in [0.717, 1.165) is 13.0 Å². The van der Waals surface area contributed by atoms with Crippen LogP contribution in [0.15, 0.2) is 30.3 Å². The van der Waals surface area contributed by atoms with Crippen molar-refractivity contribution in [3.63, 3.8) is 0 Å². The van der Waals surface area contributed by atoms with Crippen molar-refractivity contribution >= 4 is 11.8 Å². The van der Waals surface area contributed by atoms with Gasteiger partial charge in [-0.2, -0.15) is 0 Å². The third-order valence-electron chi connectivity index (χ3n) is 4.01. The van der Waals surface area contributed by atoms with E-state index < -0.39 is 0 Å². The highest BCUT2D eigenvalue weighted by Crippen LogP contribution is 2.04. The number of hydrogen-bond acceptors (Lipinski definition) is 3. The van der Waals surface area contributed by atoms with Gasteiger partial charge in [-0.25, -0.2) is 0 Å². The van der Waals surface area contributed by atoms with E-state index in [1.165, 1.54) is 12.5 Å². The lowest BCUT2D eigenvalue weighted by molar-refractivity contribution is -0.140. The van der Waals surface area contributed by atoms with Crippen molar-refractivity contribution in [3.8, 4) is 0 Å². The lowest BCUT2D eigenvalue weighted by Gasteiger charge is -2.33. The van der Waals surface area contributed by atoms with Crippen molar-refractivity contribution in [2.75, 3.05) is 32.7 Å². The third kappa shape index (κ3) is 4.84. The minimum Gasteiger partial charge on any atom is -0.338 e. The van der Waals surface area contributed by atoms with Crippen LogP contribution in [-0.2, 0) is 16.0 Å². The summed E-state index contributed by atoms with van der Waals surface area (Å²) in [5.74, 6) is -0.0101. The van der Waals surface area contributed by atoms with Crippen LogP contribution < -0.4 is 5.32 Å². The molecule has 2 rings (SSSR count). The molecule has 5 heteroatoms. The number of hydrogen-bond donors (Lipinski definition) is 1. The Labute approximate surface area is 132 Å². The average molecular weight is 303 g/mol. The third-order valence-corrected chi connectivity index (χ3v) is 4.01. The molecule has 0 unspecified atom stereocenters. The largest absolute Gasteiger partial charge is 0.338 e. The van der Waals surface area contributed by atoms with Crippen LogP contribution in [-0.4, -0.2) is 60.4 Å². The average Bonchev–Trinajstić information content (AvgIpc) is 2.52. The highest BCUT2D eigenvalue weighted by molar-refractivity contribution is 5.84. The molecule has 1 aliphatic rings. The Morgan fingerprint density at radius 2 is 2.05 bits per heavy atom. The number of carbonyl (C=O) groups is 2. The van der Waals surface area contributed by atoms with Gasteiger partial charge in [-0.05, 0) is 18.9 Å². The molecule has 0 saturated carbocycles. The van der Waals surface area contributed by atoms with Crippen molar-refractivity contribution in [1.29, 1.82) is 0 Å².